The van der Waals surface area contributed by atoms with Crippen LogP contribution in [0.4, 0.5) is 10.5 Å². The van der Waals surface area contributed by atoms with Gasteiger partial charge in [-0.3, -0.25) is 9.59 Å². The lowest BCUT2D eigenvalue weighted by Crippen LogP contribution is -2.53. The molecular weight excluding hydrogens is 516 g/mol. The van der Waals surface area contributed by atoms with Crippen LogP contribution in [0, 0.1) is 38.0 Å². The van der Waals surface area contributed by atoms with Crippen LogP contribution in [0.5, 0.6) is 0 Å². The predicted octanol–water partition coefficient (Wildman–Crippen LogP) is 6.24. The van der Waals surface area contributed by atoms with Gasteiger partial charge >= 0.3 is 6.09 Å². The third kappa shape index (κ3) is 8.72. The van der Waals surface area contributed by atoms with E-state index in [0.29, 0.717) is 16.3 Å². The van der Waals surface area contributed by atoms with Gasteiger partial charge in [-0.15, -0.1) is 0 Å². The molecule has 3 amide bonds. The molecule has 0 aliphatic rings. The van der Waals surface area contributed by atoms with Gasteiger partial charge in [0, 0.05) is 0 Å². The van der Waals surface area contributed by atoms with Gasteiger partial charge in [-0.25, -0.2) is 4.79 Å². The Balaban J connectivity index is 2.61. The summed E-state index contributed by atoms with van der Waals surface area (Å²) in [6.07, 6.45) is -0.469. The van der Waals surface area contributed by atoms with Crippen molar-refractivity contribution in [2.75, 3.05) is 11.9 Å². The molecule has 2 aromatic carbocycles. The molecule has 0 spiro atoms. The molecular formula is C30H39ClN4O4. The lowest BCUT2D eigenvalue weighted by molar-refractivity contribution is -0.140. The number of halogens is 1. The fourth-order valence-electron chi connectivity index (χ4n) is 4.22. The number of anilines is 1. The molecule has 2 unspecified atom stereocenters. The first-order valence-electron chi connectivity index (χ1n) is 12.9. The van der Waals surface area contributed by atoms with E-state index in [1.807, 2.05) is 52.8 Å². The van der Waals surface area contributed by atoms with Crippen LogP contribution >= 0.6 is 11.6 Å². The fraction of sp³-hybridized carbons (Fsp3) is 0.467. The van der Waals surface area contributed by atoms with Gasteiger partial charge in [0.2, 0.25) is 5.91 Å². The van der Waals surface area contributed by atoms with Crippen molar-refractivity contribution in [1.82, 2.24) is 10.2 Å². The van der Waals surface area contributed by atoms with E-state index in [0.717, 1.165) is 16.7 Å². The van der Waals surface area contributed by atoms with E-state index in [2.05, 4.69) is 10.6 Å². The summed E-state index contributed by atoms with van der Waals surface area (Å²) >= 11 is 6.39. The van der Waals surface area contributed by atoms with Gasteiger partial charge < -0.3 is 20.3 Å². The van der Waals surface area contributed by atoms with Crippen molar-refractivity contribution in [2.45, 2.75) is 79.5 Å². The van der Waals surface area contributed by atoms with Crippen LogP contribution in [0.1, 0.15) is 69.3 Å². The quantitative estimate of drug-likeness (QED) is 0.356. The monoisotopic (exact) mass is 554 g/mol. The van der Waals surface area contributed by atoms with Crippen molar-refractivity contribution in [1.29, 1.82) is 5.26 Å². The zero-order chi connectivity index (χ0) is 29.5. The Hall–Kier alpha value is -3.57. The second kappa shape index (κ2) is 13.5. The average molecular weight is 555 g/mol. The smallest absolute Gasteiger partial charge is 0.408 e. The van der Waals surface area contributed by atoms with Crippen LogP contribution in [-0.4, -0.2) is 41.0 Å². The highest BCUT2D eigenvalue weighted by Gasteiger charge is 2.37. The normalized spacial score (nSPS) is 12.7. The van der Waals surface area contributed by atoms with Crippen molar-refractivity contribution in [3.63, 3.8) is 0 Å². The van der Waals surface area contributed by atoms with E-state index in [4.69, 9.17) is 16.3 Å². The molecule has 0 aliphatic carbocycles. The van der Waals surface area contributed by atoms with Gasteiger partial charge in [0.15, 0.2) is 0 Å². The highest BCUT2D eigenvalue weighted by molar-refractivity contribution is 6.34. The summed E-state index contributed by atoms with van der Waals surface area (Å²) in [4.78, 5) is 41.9. The number of para-hydroxylation sites is 1. The summed E-state index contributed by atoms with van der Waals surface area (Å²) < 4.78 is 5.39. The molecule has 9 heteroatoms. The molecule has 0 saturated heterocycles. The van der Waals surface area contributed by atoms with Crippen molar-refractivity contribution < 1.29 is 19.1 Å². The number of nitrogens with zero attached hydrogens (tertiary/aromatic N) is 2. The summed E-state index contributed by atoms with van der Waals surface area (Å²) in [5.74, 6) is -1.06. The van der Waals surface area contributed by atoms with Crippen molar-refractivity contribution in [3.05, 3.63) is 63.7 Å². The Bertz CT molecular complexity index is 1230. The SMILES string of the molecule is Cc1cccc(C(C(=O)Nc2c(C)cccc2Cl)N(CC#N)C(=O)C(CC(C)C)NC(=O)OC(C)(C)C)c1C. The van der Waals surface area contributed by atoms with E-state index in [1.54, 1.807) is 45.0 Å². The maximum absolute atomic E-state index is 14.1. The predicted molar refractivity (Wildman–Crippen MR) is 153 cm³/mol. The Labute approximate surface area is 236 Å². The number of rotatable bonds is 9. The van der Waals surface area contributed by atoms with E-state index < -0.39 is 35.6 Å². The first-order valence-corrected chi connectivity index (χ1v) is 13.3. The van der Waals surface area contributed by atoms with Gasteiger partial charge in [0.25, 0.3) is 5.91 Å². The minimum Gasteiger partial charge on any atom is -0.444 e. The Morgan fingerprint density at radius 2 is 1.67 bits per heavy atom. The third-order valence-electron chi connectivity index (χ3n) is 6.19. The Morgan fingerprint density at radius 3 is 2.23 bits per heavy atom. The second-order valence-corrected chi connectivity index (χ2v) is 11.5. The number of nitriles is 1. The van der Waals surface area contributed by atoms with E-state index in [-0.39, 0.29) is 18.9 Å². The van der Waals surface area contributed by atoms with E-state index >= 15 is 0 Å². The molecule has 2 N–H and O–H groups in total. The lowest BCUT2D eigenvalue weighted by atomic mass is 9.94. The molecule has 2 aromatic rings. The number of ether oxygens (including phenoxy) is 1. The Morgan fingerprint density at radius 1 is 1.05 bits per heavy atom. The number of hydrogen-bond acceptors (Lipinski definition) is 5. The molecule has 2 rings (SSSR count). The number of carbonyl (C=O) groups excluding carboxylic acids is 3. The zero-order valence-corrected chi connectivity index (χ0v) is 24.8. The van der Waals surface area contributed by atoms with Crippen molar-refractivity contribution in [2.24, 2.45) is 5.92 Å². The molecule has 8 nitrogen and oxygen atoms in total. The average Bonchev–Trinajstić information content (AvgIpc) is 2.81. The van der Waals surface area contributed by atoms with Gasteiger partial charge in [-0.2, -0.15) is 5.26 Å². The van der Waals surface area contributed by atoms with Gasteiger partial charge in [0.05, 0.1) is 16.8 Å². The number of benzene rings is 2. The molecule has 0 aliphatic heterocycles. The minimum absolute atomic E-state index is 0.0246. The molecule has 2 atom stereocenters. The summed E-state index contributed by atoms with van der Waals surface area (Å²) in [5, 5.41) is 15.7. The van der Waals surface area contributed by atoms with Gasteiger partial charge in [-0.1, -0.05) is 55.8 Å². The van der Waals surface area contributed by atoms with Crippen LogP contribution in [0.2, 0.25) is 5.02 Å². The maximum atomic E-state index is 14.1. The molecule has 0 fully saturated rings. The van der Waals surface area contributed by atoms with Crippen LogP contribution in [0.3, 0.4) is 0 Å². The van der Waals surface area contributed by atoms with Crippen LogP contribution in [-0.2, 0) is 14.3 Å². The second-order valence-electron chi connectivity index (χ2n) is 11.1. The molecule has 0 heterocycles. The molecule has 0 bridgehead atoms. The zero-order valence-electron chi connectivity index (χ0n) is 24.0. The largest absolute Gasteiger partial charge is 0.444 e. The standard InChI is InChI=1S/C30H39ClN4O4/c1-18(2)17-24(33-29(38)39-30(6,7)8)28(37)35(16-15-32)26(22-13-9-11-19(3)21(22)5)27(36)34-25-20(4)12-10-14-23(25)31/h9-14,18,24,26H,16-17H2,1-8H3,(H,33,38)(H,34,36). The molecule has 0 radical (unpaired) electrons. The number of carbonyl (C=O) groups is 3. The lowest BCUT2D eigenvalue weighted by Gasteiger charge is -2.34. The minimum atomic E-state index is -1.16. The third-order valence-corrected chi connectivity index (χ3v) is 6.51. The molecule has 39 heavy (non-hydrogen) atoms. The van der Waals surface area contributed by atoms with Crippen molar-refractivity contribution >= 4 is 35.2 Å². The van der Waals surface area contributed by atoms with Crippen molar-refractivity contribution in [3.8, 4) is 6.07 Å². The Kier molecular flexibility index (Phi) is 10.9. The molecule has 0 saturated carbocycles. The van der Waals surface area contributed by atoms with E-state index in [1.165, 1.54) is 4.90 Å². The summed E-state index contributed by atoms with van der Waals surface area (Å²) in [5.41, 5.74) is 2.71. The van der Waals surface area contributed by atoms with E-state index in [9.17, 15) is 19.6 Å². The van der Waals surface area contributed by atoms with Crippen LogP contribution in [0.15, 0.2) is 36.4 Å². The van der Waals surface area contributed by atoms with Gasteiger partial charge in [-0.05, 0) is 82.2 Å². The highest BCUT2D eigenvalue weighted by atomic mass is 35.5. The number of aryl methyl sites for hydroxylation is 2. The van der Waals surface area contributed by atoms with Crippen LogP contribution in [0.25, 0.3) is 0 Å². The number of amides is 3. The number of alkyl carbamates (subject to hydrolysis) is 1. The van der Waals surface area contributed by atoms with Gasteiger partial charge in [0.1, 0.15) is 24.2 Å². The number of hydrogen-bond donors (Lipinski definition) is 2. The molecule has 0 aromatic heterocycles. The highest BCUT2D eigenvalue weighted by Crippen LogP contribution is 2.31. The first kappa shape index (κ1) is 31.6. The first-order chi connectivity index (χ1) is 18.2. The summed E-state index contributed by atoms with van der Waals surface area (Å²) in [7, 11) is 0. The summed E-state index contributed by atoms with van der Waals surface area (Å²) in [6.45, 7) is 14.2. The summed E-state index contributed by atoms with van der Waals surface area (Å²) in [6, 6.07) is 10.6. The fourth-order valence-corrected chi connectivity index (χ4v) is 4.49. The molecule has 210 valence electrons. The maximum Gasteiger partial charge on any atom is 0.408 e. The topological polar surface area (TPSA) is 112 Å². The van der Waals surface area contributed by atoms with Crippen LogP contribution < -0.4 is 10.6 Å². The number of nitrogens with one attached hydrogen (secondary N) is 2.